The topological polar surface area (TPSA) is 32.7 Å². The molecule has 4 heteroatoms. The lowest BCUT2D eigenvalue weighted by Gasteiger charge is -2.29. The molecule has 1 atom stereocenters. The average molecular weight is 331 g/mol. The highest BCUT2D eigenvalue weighted by atomic mass is 19.1. The van der Waals surface area contributed by atoms with Crippen molar-refractivity contribution in [1.29, 1.82) is 0 Å². The Bertz CT molecular complexity index is 645. The highest BCUT2D eigenvalue weighted by Gasteiger charge is 2.17. The first kappa shape index (κ1) is 18.4. The Balaban J connectivity index is 1.92. The molecular weight excluding hydrogens is 305 g/mol. The van der Waals surface area contributed by atoms with E-state index < -0.39 is 6.10 Å². The first-order chi connectivity index (χ1) is 11.5. The number of para-hydroxylation sites is 1. The third kappa shape index (κ3) is 5.32. The Hall–Kier alpha value is -1.91. The lowest BCUT2D eigenvalue weighted by molar-refractivity contribution is 0.0537. The predicted octanol–water partition coefficient (Wildman–Crippen LogP) is 3.78. The fraction of sp³-hybridized carbons (Fsp3) is 0.400. The maximum absolute atomic E-state index is 13.9. The van der Waals surface area contributed by atoms with E-state index in [1.54, 1.807) is 12.1 Å². The Morgan fingerprint density at radius 3 is 2.42 bits per heavy atom. The highest BCUT2D eigenvalue weighted by molar-refractivity contribution is 5.31. The minimum absolute atomic E-state index is 0.192. The van der Waals surface area contributed by atoms with Gasteiger partial charge in [-0.05, 0) is 38.5 Å². The summed E-state index contributed by atoms with van der Waals surface area (Å²) in [6, 6.07) is 14.7. The van der Waals surface area contributed by atoms with Crippen LogP contribution in [-0.4, -0.2) is 35.3 Å². The van der Waals surface area contributed by atoms with E-state index in [9.17, 15) is 9.50 Å². The van der Waals surface area contributed by atoms with E-state index in [0.29, 0.717) is 18.7 Å². The number of hydrogen-bond donors (Lipinski definition) is 1. The molecule has 0 unspecified atom stereocenters. The van der Waals surface area contributed by atoms with Crippen LogP contribution in [0.4, 0.5) is 4.39 Å². The average Bonchev–Trinajstić information content (AvgIpc) is 2.55. The monoisotopic (exact) mass is 331 g/mol. The Labute approximate surface area is 143 Å². The Morgan fingerprint density at radius 2 is 1.75 bits per heavy atom. The third-order valence-electron chi connectivity index (χ3n) is 4.03. The molecule has 3 nitrogen and oxygen atoms in total. The van der Waals surface area contributed by atoms with Gasteiger partial charge in [0.2, 0.25) is 0 Å². The molecule has 0 amide bonds. The van der Waals surface area contributed by atoms with E-state index >= 15 is 0 Å². The zero-order valence-electron chi connectivity index (χ0n) is 14.6. The third-order valence-corrected chi connectivity index (χ3v) is 4.03. The van der Waals surface area contributed by atoms with Gasteiger partial charge in [0.25, 0.3) is 0 Å². The predicted molar refractivity (Wildman–Crippen MR) is 94.6 cm³/mol. The van der Waals surface area contributed by atoms with Crippen molar-refractivity contribution in [3.05, 3.63) is 65.5 Å². The van der Waals surface area contributed by atoms with Crippen molar-refractivity contribution in [2.45, 2.75) is 39.5 Å². The number of rotatable bonds is 8. The molecule has 0 aliphatic heterocycles. The molecule has 2 aromatic rings. The summed E-state index contributed by atoms with van der Waals surface area (Å²) >= 11 is 0. The first-order valence-corrected chi connectivity index (χ1v) is 8.31. The molecule has 0 radical (unpaired) electrons. The van der Waals surface area contributed by atoms with Crippen LogP contribution in [0.15, 0.2) is 48.5 Å². The van der Waals surface area contributed by atoms with Crippen molar-refractivity contribution in [2.75, 3.05) is 13.2 Å². The summed E-state index contributed by atoms with van der Waals surface area (Å²) < 4.78 is 19.6. The van der Waals surface area contributed by atoms with Gasteiger partial charge < -0.3 is 9.84 Å². The van der Waals surface area contributed by atoms with Crippen molar-refractivity contribution >= 4 is 0 Å². The SMILES string of the molecule is Cc1ccccc1OC[C@@H](O)CN(Cc1ccccc1F)C(C)C. The second-order valence-electron chi connectivity index (χ2n) is 6.34. The molecule has 24 heavy (non-hydrogen) atoms. The zero-order valence-corrected chi connectivity index (χ0v) is 14.6. The zero-order chi connectivity index (χ0) is 17.5. The maximum Gasteiger partial charge on any atom is 0.127 e. The molecule has 0 spiro atoms. The quantitative estimate of drug-likeness (QED) is 0.799. The maximum atomic E-state index is 13.9. The molecular formula is C20H26FNO2. The minimum atomic E-state index is -0.640. The van der Waals surface area contributed by atoms with Gasteiger partial charge >= 0.3 is 0 Å². The summed E-state index contributed by atoms with van der Waals surface area (Å²) in [5, 5.41) is 10.3. The van der Waals surface area contributed by atoms with E-state index in [1.165, 1.54) is 6.07 Å². The molecule has 0 saturated carbocycles. The Morgan fingerprint density at radius 1 is 1.08 bits per heavy atom. The minimum Gasteiger partial charge on any atom is -0.491 e. The van der Waals surface area contributed by atoms with E-state index in [2.05, 4.69) is 0 Å². The summed E-state index contributed by atoms with van der Waals surface area (Å²) in [6.45, 7) is 7.15. The van der Waals surface area contributed by atoms with Crippen LogP contribution in [-0.2, 0) is 6.54 Å². The number of nitrogens with zero attached hydrogens (tertiary/aromatic N) is 1. The largest absolute Gasteiger partial charge is 0.491 e. The van der Waals surface area contributed by atoms with Gasteiger partial charge in [0.1, 0.15) is 24.3 Å². The van der Waals surface area contributed by atoms with Gasteiger partial charge in [0.05, 0.1) is 0 Å². The van der Waals surface area contributed by atoms with Crippen LogP contribution in [0.2, 0.25) is 0 Å². The van der Waals surface area contributed by atoms with Crippen LogP contribution < -0.4 is 4.74 Å². The van der Waals surface area contributed by atoms with Crippen molar-refractivity contribution in [3.8, 4) is 5.75 Å². The molecule has 0 aromatic heterocycles. The number of aryl methyl sites for hydroxylation is 1. The van der Waals surface area contributed by atoms with E-state index in [1.807, 2.05) is 56.0 Å². The molecule has 2 rings (SSSR count). The highest BCUT2D eigenvalue weighted by Crippen LogP contribution is 2.17. The van der Waals surface area contributed by atoms with E-state index in [-0.39, 0.29) is 18.5 Å². The molecule has 0 saturated heterocycles. The summed E-state index contributed by atoms with van der Waals surface area (Å²) in [5.74, 6) is 0.565. The lowest BCUT2D eigenvalue weighted by Crippen LogP contribution is -2.39. The molecule has 0 fully saturated rings. The van der Waals surface area contributed by atoms with Crippen molar-refractivity contribution < 1.29 is 14.2 Å². The molecule has 0 aliphatic rings. The summed E-state index contributed by atoms with van der Waals surface area (Å²) in [5.41, 5.74) is 1.68. The van der Waals surface area contributed by atoms with Gasteiger partial charge in [0, 0.05) is 24.7 Å². The number of aliphatic hydroxyl groups is 1. The summed E-state index contributed by atoms with van der Waals surface area (Å²) in [6.07, 6.45) is -0.640. The van der Waals surface area contributed by atoms with Crippen LogP contribution in [0, 0.1) is 12.7 Å². The van der Waals surface area contributed by atoms with Gasteiger partial charge in [-0.15, -0.1) is 0 Å². The smallest absolute Gasteiger partial charge is 0.127 e. The first-order valence-electron chi connectivity index (χ1n) is 8.31. The van der Waals surface area contributed by atoms with Crippen LogP contribution in [0.1, 0.15) is 25.0 Å². The molecule has 0 bridgehead atoms. The summed E-state index contributed by atoms with van der Waals surface area (Å²) in [4.78, 5) is 2.05. The molecule has 0 aliphatic carbocycles. The van der Waals surface area contributed by atoms with Gasteiger partial charge in [-0.1, -0.05) is 36.4 Å². The standard InChI is InChI=1S/C20H26FNO2/c1-15(2)22(12-17-9-5-6-10-19(17)21)13-18(23)14-24-20-11-7-4-8-16(20)3/h4-11,15,18,23H,12-14H2,1-3H3/t18-/m0/s1. The molecule has 2 aromatic carbocycles. The second-order valence-corrected chi connectivity index (χ2v) is 6.34. The van der Waals surface area contributed by atoms with Crippen LogP contribution in [0.3, 0.4) is 0 Å². The van der Waals surface area contributed by atoms with Crippen molar-refractivity contribution in [1.82, 2.24) is 4.90 Å². The number of benzene rings is 2. The number of aliphatic hydroxyl groups excluding tert-OH is 1. The fourth-order valence-electron chi connectivity index (χ4n) is 2.53. The number of halogens is 1. The van der Waals surface area contributed by atoms with Crippen LogP contribution in [0.25, 0.3) is 0 Å². The van der Waals surface area contributed by atoms with Gasteiger partial charge in [0.15, 0.2) is 0 Å². The van der Waals surface area contributed by atoms with Gasteiger partial charge in [-0.25, -0.2) is 4.39 Å². The van der Waals surface area contributed by atoms with E-state index in [4.69, 9.17) is 4.74 Å². The molecule has 0 heterocycles. The van der Waals surface area contributed by atoms with Crippen molar-refractivity contribution in [2.24, 2.45) is 0 Å². The lowest BCUT2D eigenvalue weighted by atomic mass is 10.1. The number of ether oxygens (including phenoxy) is 1. The summed E-state index contributed by atoms with van der Waals surface area (Å²) in [7, 11) is 0. The van der Waals surface area contributed by atoms with Crippen molar-refractivity contribution in [3.63, 3.8) is 0 Å². The number of hydrogen-bond acceptors (Lipinski definition) is 3. The fourth-order valence-corrected chi connectivity index (χ4v) is 2.53. The van der Waals surface area contributed by atoms with E-state index in [0.717, 1.165) is 11.3 Å². The van der Waals surface area contributed by atoms with Gasteiger partial charge in [-0.3, -0.25) is 4.90 Å². The van der Waals surface area contributed by atoms with Crippen LogP contribution in [0.5, 0.6) is 5.75 Å². The second kappa shape index (κ2) is 8.81. The van der Waals surface area contributed by atoms with Gasteiger partial charge in [-0.2, -0.15) is 0 Å². The normalized spacial score (nSPS) is 12.6. The van der Waals surface area contributed by atoms with Crippen LogP contribution >= 0.6 is 0 Å². The Kier molecular flexibility index (Phi) is 6.76. The molecule has 1 N–H and O–H groups in total. The molecule has 130 valence electrons.